The van der Waals surface area contributed by atoms with Crippen LogP contribution in [0.2, 0.25) is 0 Å². The van der Waals surface area contributed by atoms with Gasteiger partial charge in [-0.15, -0.1) is 0 Å². The second kappa shape index (κ2) is 4.17. The van der Waals surface area contributed by atoms with Crippen molar-refractivity contribution in [2.24, 2.45) is 0 Å². The molecule has 0 aromatic heterocycles. The molecule has 1 saturated heterocycles. The highest BCUT2D eigenvalue weighted by Gasteiger charge is 2.32. The summed E-state index contributed by atoms with van der Waals surface area (Å²) in [6, 6.07) is 0.0613. The fourth-order valence-corrected chi connectivity index (χ4v) is 2.42. The first-order valence-electron chi connectivity index (χ1n) is 5.51. The number of hydrogen-bond donors (Lipinski definition) is 2. The van der Waals surface area contributed by atoms with E-state index in [9.17, 15) is 9.90 Å². The van der Waals surface area contributed by atoms with Crippen LogP contribution in [0.4, 0.5) is 4.79 Å². The lowest BCUT2D eigenvalue weighted by atomic mass is 9.91. The average molecular weight is 198 g/mol. The van der Waals surface area contributed by atoms with E-state index in [-0.39, 0.29) is 18.2 Å². The Bertz CT molecular complexity index is 220. The number of aliphatic hydroxyl groups excluding tert-OH is 1. The Kier molecular flexibility index (Phi) is 2.91. The molecule has 0 spiro atoms. The lowest BCUT2D eigenvalue weighted by Crippen LogP contribution is -2.55. The van der Waals surface area contributed by atoms with Crippen molar-refractivity contribution in [3.05, 3.63) is 0 Å². The summed E-state index contributed by atoms with van der Waals surface area (Å²) in [4.78, 5) is 13.4. The minimum absolute atomic E-state index is 0.00204. The van der Waals surface area contributed by atoms with Crippen molar-refractivity contribution in [1.29, 1.82) is 0 Å². The van der Waals surface area contributed by atoms with E-state index in [0.29, 0.717) is 0 Å². The molecule has 4 heteroatoms. The Hall–Kier alpha value is -0.770. The Labute approximate surface area is 84.3 Å². The Morgan fingerprint density at radius 3 is 2.79 bits per heavy atom. The van der Waals surface area contributed by atoms with E-state index in [1.807, 2.05) is 4.90 Å². The van der Waals surface area contributed by atoms with Gasteiger partial charge in [-0.25, -0.2) is 4.79 Å². The third-order valence-electron chi connectivity index (χ3n) is 3.21. The van der Waals surface area contributed by atoms with Crippen LogP contribution in [0.3, 0.4) is 0 Å². The molecule has 4 nitrogen and oxygen atoms in total. The van der Waals surface area contributed by atoms with Crippen molar-refractivity contribution in [1.82, 2.24) is 10.2 Å². The topological polar surface area (TPSA) is 52.6 Å². The monoisotopic (exact) mass is 198 g/mol. The number of carbonyl (C=O) groups excluding carboxylic acids is 1. The van der Waals surface area contributed by atoms with E-state index in [2.05, 4.69) is 5.32 Å². The quantitative estimate of drug-likeness (QED) is 0.652. The van der Waals surface area contributed by atoms with Crippen LogP contribution in [-0.4, -0.2) is 41.3 Å². The maximum atomic E-state index is 11.5. The molecule has 14 heavy (non-hydrogen) atoms. The van der Waals surface area contributed by atoms with Gasteiger partial charge in [-0.1, -0.05) is 12.8 Å². The molecule has 2 fully saturated rings. The van der Waals surface area contributed by atoms with Gasteiger partial charge in [0, 0.05) is 13.1 Å². The fraction of sp³-hybridized carbons (Fsp3) is 0.900. The van der Waals surface area contributed by atoms with Gasteiger partial charge in [-0.3, -0.25) is 0 Å². The van der Waals surface area contributed by atoms with Gasteiger partial charge in [0.05, 0.1) is 12.1 Å². The summed E-state index contributed by atoms with van der Waals surface area (Å²) in [7, 11) is 0. The lowest BCUT2D eigenvalue weighted by Gasteiger charge is -2.39. The van der Waals surface area contributed by atoms with Crippen molar-refractivity contribution in [3.8, 4) is 0 Å². The summed E-state index contributed by atoms with van der Waals surface area (Å²) < 4.78 is 0. The van der Waals surface area contributed by atoms with Crippen molar-refractivity contribution < 1.29 is 9.90 Å². The fourth-order valence-electron chi connectivity index (χ4n) is 2.42. The van der Waals surface area contributed by atoms with Crippen LogP contribution in [0.5, 0.6) is 0 Å². The van der Waals surface area contributed by atoms with Gasteiger partial charge < -0.3 is 15.3 Å². The van der Waals surface area contributed by atoms with Gasteiger partial charge in [0.1, 0.15) is 0 Å². The first-order valence-corrected chi connectivity index (χ1v) is 5.51. The summed E-state index contributed by atoms with van der Waals surface area (Å²) in [6.07, 6.45) is 4.70. The SMILES string of the molecule is O=C1NCCCN1C1CCCCC1O. The van der Waals surface area contributed by atoms with E-state index >= 15 is 0 Å². The van der Waals surface area contributed by atoms with E-state index in [1.165, 1.54) is 0 Å². The zero-order valence-electron chi connectivity index (χ0n) is 8.41. The first-order chi connectivity index (χ1) is 6.79. The van der Waals surface area contributed by atoms with E-state index in [4.69, 9.17) is 0 Å². The zero-order valence-corrected chi connectivity index (χ0v) is 8.41. The predicted octanol–water partition coefficient (Wildman–Crippen LogP) is 0.705. The largest absolute Gasteiger partial charge is 0.391 e. The highest BCUT2D eigenvalue weighted by atomic mass is 16.3. The molecule has 0 radical (unpaired) electrons. The average Bonchev–Trinajstić information content (AvgIpc) is 2.20. The highest BCUT2D eigenvalue weighted by Crippen LogP contribution is 2.24. The Morgan fingerprint density at radius 1 is 1.29 bits per heavy atom. The van der Waals surface area contributed by atoms with Crippen LogP contribution in [-0.2, 0) is 0 Å². The minimum Gasteiger partial charge on any atom is -0.391 e. The molecule has 0 bridgehead atoms. The summed E-state index contributed by atoms with van der Waals surface area (Å²) in [5.74, 6) is 0. The van der Waals surface area contributed by atoms with E-state index in [1.54, 1.807) is 0 Å². The predicted molar refractivity (Wildman–Crippen MR) is 53.0 cm³/mol. The zero-order chi connectivity index (χ0) is 9.97. The molecule has 2 aliphatic rings. The van der Waals surface area contributed by atoms with Crippen molar-refractivity contribution >= 4 is 6.03 Å². The molecule has 2 N–H and O–H groups in total. The van der Waals surface area contributed by atoms with Gasteiger partial charge in [0.15, 0.2) is 0 Å². The van der Waals surface area contributed by atoms with Gasteiger partial charge in [-0.05, 0) is 19.3 Å². The molecular formula is C10H18N2O2. The molecule has 2 amide bonds. The molecular weight excluding hydrogens is 180 g/mol. The Morgan fingerprint density at radius 2 is 2.07 bits per heavy atom. The summed E-state index contributed by atoms with van der Waals surface area (Å²) in [5.41, 5.74) is 0. The molecule has 2 unspecified atom stereocenters. The molecule has 2 rings (SSSR count). The molecule has 0 aromatic carbocycles. The maximum absolute atomic E-state index is 11.5. The number of rotatable bonds is 1. The first kappa shape index (κ1) is 9.77. The number of urea groups is 1. The molecule has 1 heterocycles. The number of hydrogen-bond acceptors (Lipinski definition) is 2. The summed E-state index contributed by atoms with van der Waals surface area (Å²) >= 11 is 0. The van der Waals surface area contributed by atoms with Gasteiger partial charge in [0.2, 0.25) is 0 Å². The smallest absolute Gasteiger partial charge is 0.317 e. The van der Waals surface area contributed by atoms with Crippen molar-refractivity contribution in [2.75, 3.05) is 13.1 Å². The third-order valence-corrected chi connectivity index (χ3v) is 3.21. The van der Waals surface area contributed by atoms with E-state index < -0.39 is 0 Å². The number of nitrogens with zero attached hydrogens (tertiary/aromatic N) is 1. The standard InChI is InChI=1S/C10H18N2O2/c13-9-5-2-1-4-8(9)12-7-3-6-11-10(12)14/h8-9,13H,1-7H2,(H,11,14). The van der Waals surface area contributed by atoms with Crippen molar-refractivity contribution in [3.63, 3.8) is 0 Å². The summed E-state index contributed by atoms with van der Waals surface area (Å²) in [6.45, 7) is 1.58. The summed E-state index contributed by atoms with van der Waals surface area (Å²) in [5, 5.41) is 12.6. The molecule has 1 saturated carbocycles. The maximum Gasteiger partial charge on any atom is 0.317 e. The van der Waals surface area contributed by atoms with Crippen LogP contribution in [0.1, 0.15) is 32.1 Å². The normalized spacial score (nSPS) is 34.1. The van der Waals surface area contributed by atoms with Gasteiger partial charge in [0.25, 0.3) is 0 Å². The van der Waals surface area contributed by atoms with Crippen LogP contribution >= 0.6 is 0 Å². The molecule has 1 aliphatic carbocycles. The van der Waals surface area contributed by atoms with Crippen LogP contribution in [0, 0.1) is 0 Å². The lowest BCUT2D eigenvalue weighted by molar-refractivity contribution is 0.0321. The molecule has 1 aliphatic heterocycles. The molecule has 2 atom stereocenters. The van der Waals surface area contributed by atoms with Gasteiger partial charge >= 0.3 is 6.03 Å². The van der Waals surface area contributed by atoms with Gasteiger partial charge in [-0.2, -0.15) is 0 Å². The second-order valence-corrected chi connectivity index (χ2v) is 4.20. The highest BCUT2D eigenvalue weighted by molar-refractivity contribution is 5.75. The second-order valence-electron chi connectivity index (χ2n) is 4.20. The number of aliphatic hydroxyl groups is 1. The number of nitrogens with one attached hydrogen (secondary N) is 1. The van der Waals surface area contributed by atoms with Crippen molar-refractivity contribution in [2.45, 2.75) is 44.2 Å². The Balaban J connectivity index is 2.00. The minimum atomic E-state index is -0.312. The molecule has 80 valence electrons. The van der Waals surface area contributed by atoms with Crippen LogP contribution in [0.15, 0.2) is 0 Å². The van der Waals surface area contributed by atoms with E-state index in [0.717, 1.165) is 45.2 Å². The van der Waals surface area contributed by atoms with Crippen LogP contribution in [0.25, 0.3) is 0 Å². The van der Waals surface area contributed by atoms with Crippen LogP contribution < -0.4 is 5.32 Å². The molecule has 0 aromatic rings. The third kappa shape index (κ3) is 1.85. The number of amides is 2. The number of carbonyl (C=O) groups is 1.